The van der Waals surface area contributed by atoms with Crippen molar-refractivity contribution in [2.24, 2.45) is 5.92 Å². The van der Waals surface area contributed by atoms with Gasteiger partial charge in [-0.2, -0.15) is 11.8 Å². The van der Waals surface area contributed by atoms with E-state index in [2.05, 4.69) is 33.5 Å². The molecule has 0 aromatic carbocycles. The molecule has 0 amide bonds. The quantitative estimate of drug-likeness (QED) is 0.833. The van der Waals surface area contributed by atoms with Gasteiger partial charge in [0.25, 0.3) is 0 Å². The van der Waals surface area contributed by atoms with E-state index in [4.69, 9.17) is 11.6 Å². The minimum Gasteiger partial charge on any atom is -0.301 e. The van der Waals surface area contributed by atoms with Crippen molar-refractivity contribution in [3.8, 4) is 0 Å². The van der Waals surface area contributed by atoms with Crippen molar-refractivity contribution >= 4 is 23.4 Å². The van der Waals surface area contributed by atoms with Crippen LogP contribution in [0.3, 0.4) is 0 Å². The van der Waals surface area contributed by atoms with Gasteiger partial charge in [0.1, 0.15) is 5.82 Å². The molecule has 2 heterocycles. The molecule has 1 aliphatic rings. The normalized spacial score (nSPS) is 17.9. The van der Waals surface area contributed by atoms with E-state index in [1.54, 1.807) is 0 Å². The highest BCUT2D eigenvalue weighted by atomic mass is 35.5. The number of hydrogen-bond donors (Lipinski definition) is 0. The largest absolute Gasteiger partial charge is 0.301 e. The third-order valence-electron chi connectivity index (χ3n) is 3.04. The minimum atomic E-state index is 0.557. The molecule has 1 aromatic heterocycles. The Balaban J connectivity index is 2.03. The monoisotopic (exact) mass is 259 g/mol. The van der Waals surface area contributed by atoms with E-state index >= 15 is 0 Å². The molecule has 1 saturated heterocycles. The molecule has 90 valence electrons. The van der Waals surface area contributed by atoms with Gasteiger partial charge in [-0.1, -0.05) is 6.92 Å². The van der Waals surface area contributed by atoms with Gasteiger partial charge < -0.3 is 4.57 Å². The third kappa shape index (κ3) is 2.92. The molecule has 0 N–H and O–H groups in total. The molecule has 0 radical (unpaired) electrons. The Morgan fingerprint density at radius 3 is 2.81 bits per heavy atom. The summed E-state index contributed by atoms with van der Waals surface area (Å²) in [5, 5.41) is 8.68. The maximum Gasteiger partial charge on any atom is 0.225 e. The van der Waals surface area contributed by atoms with Crippen LogP contribution in [0.1, 0.15) is 32.0 Å². The molecule has 3 nitrogen and oxygen atoms in total. The number of rotatable bonds is 4. The molecule has 5 heteroatoms. The van der Waals surface area contributed by atoms with Crippen LogP contribution >= 0.6 is 23.4 Å². The Labute approximate surface area is 106 Å². The van der Waals surface area contributed by atoms with Crippen molar-refractivity contribution < 1.29 is 0 Å². The lowest BCUT2D eigenvalue weighted by molar-refractivity contribution is 0.408. The van der Waals surface area contributed by atoms with Gasteiger partial charge in [-0.15, -0.1) is 10.2 Å². The molecule has 2 rings (SSSR count). The Kier molecular flexibility index (Phi) is 4.53. The number of thioether (sulfide) groups is 1. The zero-order valence-electron chi connectivity index (χ0n) is 9.65. The lowest BCUT2D eigenvalue weighted by atomic mass is 10.0. The first-order chi connectivity index (χ1) is 7.81. The van der Waals surface area contributed by atoms with Gasteiger partial charge in [-0.25, -0.2) is 0 Å². The van der Waals surface area contributed by atoms with Gasteiger partial charge >= 0.3 is 0 Å². The topological polar surface area (TPSA) is 30.7 Å². The van der Waals surface area contributed by atoms with Gasteiger partial charge in [0, 0.05) is 13.0 Å². The lowest BCUT2D eigenvalue weighted by Crippen LogP contribution is -2.18. The first-order valence-corrected chi connectivity index (χ1v) is 7.50. The van der Waals surface area contributed by atoms with Crippen LogP contribution in [0.5, 0.6) is 0 Å². The highest BCUT2D eigenvalue weighted by molar-refractivity contribution is 7.99. The summed E-state index contributed by atoms with van der Waals surface area (Å²) in [7, 11) is 0. The third-order valence-corrected chi connectivity index (χ3v) is 4.37. The van der Waals surface area contributed by atoms with Crippen LogP contribution in [-0.4, -0.2) is 26.3 Å². The molecule has 1 aliphatic heterocycles. The SMILES string of the molecule is CCCc1nnc(Cl)n1CC1CCSCC1. The van der Waals surface area contributed by atoms with Crippen LogP contribution in [0.2, 0.25) is 5.28 Å². The predicted octanol–water partition coefficient (Wildman–Crippen LogP) is 3.03. The van der Waals surface area contributed by atoms with Crippen molar-refractivity contribution in [1.82, 2.24) is 14.8 Å². The van der Waals surface area contributed by atoms with Crippen molar-refractivity contribution in [2.75, 3.05) is 11.5 Å². The molecule has 0 spiro atoms. The van der Waals surface area contributed by atoms with Crippen molar-refractivity contribution in [1.29, 1.82) is 0 Å². The number of halogens is 1. The summed E-state index contributed by atoms with van der Waals surface area (Å²) in [4.78, 5) is 0. The summed E-state index contributed by atoms with van der Waals surface area (Å²) in [6.07, 6.45) is 4.66. The van der Waals surface area contributed by atoms with E-state index in [9.17, 15) is 0 Å². The Hall–Kier alpha value is -0.220. The Morgan fingerprint density at radius 2 is 2.12 bits per heavy atom. The summed E-state index contributed by atoms with van der Waals surface area (Å²) < 4.78 is 2.10. The Morgan fingerprint density at radius 1 is 1.38 bits per heavy atom. The van der Waals surface area contributed by atoms with Crippen LogP contribution in [0.4, 0.5) is 0 Å². The van der Waals surface area contributed by atoms with E-state index in [1.165, 1.54) is 24.3 Å². The summed E-state index contributed by atoms with van der Waals surface area (Å²) in [6, 6.07) is 0. The zero-order valence-corrected chi connectivity index (χ0v) is 11.2. The summed E-state index contributed by atoms with van der Waals surface area (Å²) in [5.74, 6) is 4.37. The van der Waals surface area contributed by atoms with Crippen LogP contribution < -0.4 is 0 Å². The molecule has 0 saturated carbocycles. The van der Waals surface area contributed by atoms with E-state index in [1.807, 2.05) is 0 Å². The second-order valence-electron chi connectivity index (χ2n) is 4.30. The number of aromatic nitrogens is 3. The average molecular weight is 260 g/mol. The van der Waals surface area contributed by atoms with Crippen LogP contribution in [0.15, 0.2) is 0 Å². The van der Waals surface area contributed by atoms with Gasteiger partial charge in [-0.05, 0) is 48.3 Å². The van der Waals surface area contributed by atoms with Crippen molar-refractivity contribution in [2.45, 2.75) is 39.2 Å². The fourth-order valence-corrected chi connectivity index (χ4v) is 3.50. The van der Waals surface area contributed by atoms with Gasteiger partial charge in [0.05, 0.1) is 0 Å². The number of hydrogen-bond acceptors (Lipinski definition) is 3. The van der Waals surface area contributed by atoms with Gasteiger partial charge in [0.2, 0.25) is 5.28 Å². The molecular formula is C11H18ClN3S. The maximum absolute atomic E-state index is 6.08. The molecule has 0 atom stereocenters. The minimum absolute atomic E-state index is 0.557. The van der Waals surface area contributed by atoms with Gasteiger partial charge in [0.15, 0.2) is 0 Å². The second kappa shape index (κ2) is 5.92. The molecule has 0 bridgehead atoms. The van der Waals surface area contributed by atoms with E-state index in [0.29, 0.717) is 5.28 Å². The summed E-state index contributed by atoms with van der Waals surface area (Å²) in [5.41, 5.74) is 0. The summed E-state index contributed by atoms with van der Waals surface area (Å²) in [6.45, 7) is 3.16. The lowest BCUT2D eigenvalue weighted by Gasteiger charge is -2.22. The van der Waals surface area contributed by atoms with E-state index in [-0.39, 0.29) is 0 Å². The summed E-state index contributed by atoms with van der Waals surface area (Å²) >= 11 is 8.14. The number of aryl methyl sites for hydroxylation is 1. The number of nitrogens with zero attached hydrogens (tertiary/aromatic N) is 3. The average Bonchev–Trinajstić information content (AvgIpc) is 2.64. The standard InChI is InChI=1S/C11H18ClN3S/c1-2-3-10-13-14-11(12)15(10)8-9-4-6-16-7-5-9/h9H,2-8H2,1H3. The molecule has 1 fully saturated rings. The van der Waals surface area contributed by atoms with Crippen LogP contribution in [0, 0.1) is 5.92 Å². The smallest absolute Gasteiger partial charge is 0.225 e. The van der Waals surface area contributed by atoms with Crippen molar-refractivity contribution in [3.05, 3.63) is 11.1 Å². The van der Waals surface area contributed by atoms with Crippen molar-refractivity contribution in [3.63, 3.8) is 0 Å². The molecule has 16 heavy (non-hydrogen) atoms. The molecule has 0 unspecified atom stereocenters. The van der Waals surface area contributed by atoms with Crippen LogP contribution in [-0.2, 0) is 13.0 Å². The maximum atomic E-state index is 6.08. The van der Waals surface area contributed by atoms with E-state index in [0.717, 1.165) is 31.1 Å². The molecule has 0 aliphatic carbocycles. The highest BCUT2D eigenvalue weighted by Crippen LogP contribution is 2.25. The van der Waals surface area contributed by atoms with Crippen LogP contribution in [0.25, 0.3) is 0 Å². The fraction of sp³-hybridized carbons (Fsp3) is 0.818. The van der Waals surface area contributed by atoms with E-state index < -0.39 is 0 Å². The first-order valence-electron chi connectivity index (χ1n) is 5.96. The second-order valence-corrected chi connectivity index (χ2v) is 5.86. The zero-order chi connectivity index (χ0) is 11.4. The first kappa shape index (κ1) is 12.2. The highest BCUT2D eigenvalue weighted by Gasteiger charge is 2.18. The molecule has 1 aromatic rings. The van der Waals surface area contributed by atoms with Gasteiger partial charge in [-0.3, -0.25) is 0 Å². The fourth-order valence-electron chi connectivity index (χ4n) is 2.09. The molecular weight excluding hydrogens is 242 g/mol. The Bertz CT molecular complexity index is 334. The predicted molar refractivity (Wildman–Crippen MR) is 69.1 cm³/mol.